The van der Waals surface area contributed by atoms with E-state index < -0.39 is 30.3 Å². The number of rotatable bonds is 12. The Morgan fingerprint density at radius 2 is 1.86 bits per heavy atom. The van der Waals surface area contributed by atoms with Gasteiger partial charge in [0.1, 0.15) is 5.82 Å². The molecule has 0 aliphatic heterocycles. The van der Waals surface area contributed by atoms with Gasteiger partial charge in [-0.1, -0.05) is 27.7 Å². The molecular formula is C19H36N3O6P. The zero-order chi connectivity index (χ0) is 22.5. The van der Waals surface area contributed by atoms with E-state index in [9.17, 15) is 19.4 Å². The molecule has 0 aliphatic carbocycles. The lowest BCUT2D eigenvalue weighted by molar-refractivity contribution is -0.0195. The number of nitrogens with two attached hydrogens (primary N) is 1. The van der Waals surface area contributed by atoms with Crippen LogP contribution in [0.2, 0.25) is 0 Å². The minimum atomic E-state index is -4.28. The van der Waals surface area contributed by atoms with Crippen LogP contribution in [0.15, 0.2) is 11.0 Å². The van der Waals surface area contributed by atoms with Gasteiger partial charge in [-0.2, -0.15) is 0 Å². The molecule has 1 aromatic rings. The predicted octanol–water partition coefficient (Wildman–Crippen LogP) is 3.34. The molecule has 1 aromatic heterocycles. The van der Waals surface area contributed by atoms with Gasteiger partial charge in [-0.3, -0.25) is 9.55 Å². The number of nitrogens with zero attached hydrogens (tertiary/aromatic N) is 1. The molecule has 0 spiro atoms. The van der Waals surface area contributed by atoms with E-state index in [2.05, 4.69) is 9.97 Å². The quantitative estimate of drug-likeness (QED) is 0.367. The largest absolute Gasteiger partial charge is 0.385 e. The van der Waals surface area contributed by atoms with Gasteiger partial charge >= 0.3 is 13.3 Å². The molecule has 4 unspecified atom stereocenters. The lowest BCUT2D eigenvalue weighted by atomic mass is 9.84. The summed E-state index contributed by atoms with van der Waals surface area (Å²) in [6, 6.07) is 0. The molecule has 4 atom stereocenters. The molecule has 0 aromatic carbocycles. The first-order valence-corrected chi connectivity index (χ1v) is 11.6. The third kappa shape index (κ3) is 5.89. The maximum Gasteiger partial charge on any atom is 0.359 e. The number of hydrogen-bond acceptors (Lipinski definition) is 7. The van der Waals surface area contributed by atoms with Crippen molar-refractivity contribution in [2.45, 2.75) is 83.8 Å². The fourth-order valence-corrected chi connectivity index (χ4v) is 5.14. The highest BCUT2D eigenvalue weighted by Gasteiger charge is 2.49. The fraction of sp³-hybridized carbons (Fsp3) is 0.789. The highest BCUT2D eigenvalue weighted by Crippen LogP contribution is 2.61. The van der Waals surface area contributed by atoms with E-state index >= 15 is 0 Å². The Kier molecular flexibility index (Phi) is 9.05. The highest BCUT2D eigenvalue weighted by molar-refractivity contribution is 7.54. The molecule has 168 valence electrons. The van der Waals surface area contributed by atoms with Gasteiger partial charge in [-0.15, -0.1) is 0 Å². The Hall–Kier alpha value is -1.25. The first-order valence-electron chi connectivity index (χ1n) is 10.0. The van der Waals surface area contributed by atoms with Crippen LogP contribution in [-0.4, -0.2) is 38.0 Å². The molecule has 9 nitrogen and oxygen atoms in total. The van der Waals surface area contributed by atoms with Gasteiger partial charge in [0.25, 0.3) is 0 Å². The van der Waals surface area contributed by atoms with Crippen molar-refractivity contribution in [1.82, 2.24) is 9.97 Å². The second-order valence-electron chi connectivity index (χ2n) is 7.73. The number of aromatic amines is 1. The van der Waals surface area contributed by atoms with Crippen molar-refractivity contribution >= 4 is 13.4 Å². The van der Waals surface area contributed by atoms with Crippen LogP contribution >= 0.6 is 7.60 Å². The molecule has 10 heteroatoms. The van der Waals surface area contributed by atoms with Crippen LogP contribution in [0.3, 0.4) is 0 Å². The lowest BCUT2D eigenvalue weighted by Gasteiger charge is -2.40. The van der Waals surface area contributed by atoms with Crippen molar-refractivity contribution in [2.24, 2.45) is 5.92 Å². The second kappa shape index (κ2) is 10.2. The SMILES string of the molecule is CCC(C)(OP(=O)(O)C(O)(CC)CC)C(C)CCC(OC)c1cnc(=O)[nH]c1N. The van der Waals surface area contributed by atoms with Crippen LogP contribution in [0.5, 0.6) is 0 Å². The summed E-state index contributed by atoms with van der Waals surface area (Å²) in [5, 5.41) is 8.78. The first kappa shape index (κ1) is 25.8. The van der Waals surface area contributed by atoms with Crippen molar-refractivity contribution in [2.75, 3.05) is 12.8 Å². The smallest absolute Gasteiger partial charge is 0.359 e. The molecule has 0 amide bonds. The molecule has 0 fully saturated rings. The van der Waals surface area contributed by atoms with E-state index in [-0.39, 0.29) is 24.6 Å². The minimum Gasteiger partial charge on any atom is -0.385 e. The number of anilines is 1. The van der Waals surface area contributed by atoms with Crippen LogP contribution in [0.1, 0.15) is 78.4 Å². The van der Waals surface area contributed by atoms with Crippen molar-refractivity contribution in [3.05, 3.63) is 22.2 Å². The van der Waals surface area contributed by atoms with E-state index in [0.717, 1.165) is 0 Å². The molecule has 0 saturated carbocycles. The number of ether oxygens (including phenoxy) is 1. The fourth-order valence-electron chi connectivity index (χ4n) is 3.30. The predicted molar refractivity (Wildman–Crippen MR) is 113 cm³/mol. The average Bonchev–Trinajstić information content (AvgIpc) is 2.67. The van der Waals surface area contributed by atoms with Gasteiger partial charge in [0, 0.05) is 18.9 Å². The third-order valence-corrected chi connectivity index (χ3v) is 8.45. The molecule has 1 heterocycles. The van der Waals surface area contributed by atoms with Crippen LogP contribution in [0.25, 0.3) is 0 Å². The van der Waals surface area contributed by atoms with E-state index in [1.54, 1.807) is 27.9 Å². The number of nitrogen functional groups attached to an aromatic ring is 1. The second-order valence-corrected chi connectivity index (χ2v) is 9.78. The van der Waals surface area contributed by atoms with Crippen molar-refractivity contribution in [1.29, 1.82) is 0 Å². The zero-order valence-electron chi connectivity index (χ0n) is 18.3. The number of nitrogens with one attached hydrogen (secondary N) is 1. The standard InChI is InChI=1S/C19H36N3O6P/c1-7-18(5,28-29(25,26)19(24,8-2)9-3)13(4)10-11-15(27-6)14-12-21-17(23)22-16(14)20/h12-13,15,24H,7-11H2,1-6H3,(H,25,26)(H3,20,21,22,23). The van der Waals surface area contributed by atoms with Crippen molar-refractivity contribution in [3.8, 4) is 0 Å². The number of aromatic nitrogens is 2. The van der Waals surface area contributed by atoms with Crippen LogP contribution in [-0.2, 0) is 13.8 Å². The van der Waals surface area contributed by atoms with Gasteiger partial charge < -0.3 is 25.0 Å². The average molecular weight is 433 g/mol. The van der Waals surface area contributed by atoms with Gasteiger partial charge in [0.15, 0.2) is 5.34 Å². The lowest BCUT2D eigenvalue weighted by Crippen LogP contribution is -2.39. The van der Waals surface area contributed by atoms with Gasteiger partial charge in [0.2, 0.25) is 0 Å². The summed E-state index contributed by atoms with van der Waals surface area (Å²) in [7, 11) is -2.74. The summed E-state index contributed by atoms with van der Waals surface area (Å²) in [6.07, 6.45) is 2.86. The third-order valence-electron chi connectivity index (χ3n) is 6.10. The summed E-state index contributed by atoms with van der Waals surface area (Å²) in [5.41, 5.74) is 5.01. The molecule has 0 aliphatic rings. The van der Waals surface area contributed by atoms with E-state index in [1.165, 1.54) is 6.20 Å². The van der Waals surface area contributed by atoms with E-state index in [0.29, 0.717) is 24.8 Å². The summed E-state index contributed by atoms with van der Waals surface area (Å²) < 4.78 is 24.1. The number of hydrogen-bond donors (Lipinski definition) is 4. The molecule has 0 saturated heterocycles. The molecule has 29 heavy (non-hydrogen) atoms. The number of methoxy groups -OCH3 is 1. The van der Waals surface area contributed by atoms with Gasteiger partial charge in [-0.25, -0.2) is 9.78 Å². The van der Waals surface area contributed by atoms with E-state index in [4.69, 9.17) is 15.0 Å². The maximum atomic E-state index is 12.9. The topological polar surface area (TPSA) is 148 Å². The molecule has 0 radical (unpaired) electrons. The Morgan fingerprint density at radius 1 is 1.28 bits per heavy atom. The van der Waals surface area contributed by atoms with Crippen LogP contribution < -0.4 is 11.4 Å². The van der Waals surface area contributed by atoms with Crippen molar-refractivity contribution in [3.63, 3.8) is 0 Å². The first-order chi connectivity index (χ1) is 13.4. The molecule has 1 rings (SSSR count). The highest BCUT2D eigenvalue weighted by atomic mass is 31.2. The number of H-pyrrole nitrogens is 1. The van der Waals surface area contributed by atoms with E-state index in [1.807, 2.05) is 13.8 Å². The molecular weight excluding hydrogens is 397 g/mol. The Bertz CT molecular complexity index is 767. The normalized spacial score (nSPS) is 18.6. The molecule has 5 N–H and O–H groups in total. The molecule has 0 bridgehead atoms. The van der Waals surface area contributed by atoms with Crippen molar-refractivity contribution < 1.29 is 23.8 Å². The van der Waals surface area contributed by atoms with Gasteiger partial charge in [-0.05, 0) is 44.9 Å². The Morgan fingerprint density at radius 3 is 2.31 bits per heavy atom. The van der Waals surface area contributed by atoms with Crippen LogP contribution in [0, 0.1) is 5.92 Å². The van der Waals surface area contributed by atoms with Crippen LogP contribution in [0.4, 0.5) is 5.82 Å². The summed E-state index contributed by atoms with van der Waals surface area (Å²) >= 11 is 0. The summed E-state index contributed by atoms with van der Waals surface area (Å²) in [5.74, 6) is 0.0790. The zero-order valence-corrected chi connectivity index (χ0v) is 19.2. The summed E-state index contributed by atoms with van der Waals surface area (Å²) in [4.78, 5) is 27.9. The number of aliphatic hydroxyl groups is 1. The van der Waals surface area contributed by atoms with Gasteiger partial charge in [0.05, 0.1) is 11.7 Å². The Balaban J connectivity index is 2.97. The summed E-state index contributed by atoms with van der Waals surface area (Å²) in [6.45, 7) is 8.92. The maximum absolute atomic E-state index is 12.9. The Labute approximate surface area is 172 Å². The monoisotopic (exact) mass is 433 g/mol. The minimum absolute atomic E-state index is 0.121.